The smallest absolute Gasteiger partial charge is 0.142 e. The Morgan fingerprint density at radius 2 is 1.71 bits per heavy atom. The molecular formula is C17H28N2O2. The molecule has 0 atom stereocenters. The molecule has 0 aromatic heterocycles. The Balaban J connectivity index is 1.73. The first-order valence-corrected chi connectivity index (χ1v) is 8.06. The van der Waals surface area contributed by atoms with Crippen LogP contribution in [0.25, 0.3) is 0 Å². The second-order valence-corrected chi connectivity index (χ2v) is 5.64. The van der Waals surface area contributed by atoms with E-state index in [4.69, 9.17) is 9.84 Å². The summed E-state index contributed by atoms with van der Waals surface area (Å²) < 4.78 is 5.45. The number of unbranched alkanes of at least 4 members (excludes halogenated alkanes) is 3. The molecule has 0 unspecified atom stereocenters. The summed E-state index contributed by atoms with van der Waals surface area (Å²) in [5.41, 5.74) is 1.21. The first-order chi connectivity index (χ1) is 10.3. The maximum atomic E-state index is 8.77. The molecule has 0 aliphatic carbocycles. The highest BCUT2D eigenvalue weighted by molar-refractivity contribution is 5.58. The van der Waals surface area contributed by atoms with Crippen LogP contribution in [-0.4, -0.2) is 56.4 Å². The van der Waals surface area contributed by atoms with Crippen molar-refractivity contribution in [2.24, 2.45) is 0 Å². The lowest BCUT2D eigenvalue weighted by molar-refractivity contribution is 0.247. The number of anilines is 1. The van der Waals surface area contributed by atoms with Crippen LogP contribution >= 0.6 is 0 Å². The van der Waals surface area contributed by atoms with Gasteiger partial charge in [-0.3, -0.25) is 4.90 Å². The van der Waals surface area contributed by atoms with Gasteiger partial charge in [0.15, 0.2) is 0 Å². The van der Waals surface area contributed by atoms with Crippen LogP contribution in [0.3, 0.4) is 0 Å². The number of para-hydroxylation sites is 2. The first kappa shape index (κ1) is 16.1. The Kier molecular flexibility index (Phi) is 6.83. The molecule has 1 aromatic rings. The maximum Gasteiger partial charge on any atom is 0.142 e. The summed E-state index contributed by atoms with van der Waals surface area (Å²) in [5.74, 6) is 0.968. The van der Waals surface area contributed by atoms with Crippen molar-refractivity contribution in [3.8, 4) is 5.75 Å². The van der Waals surface area contributed by atoms with Crippen LogP contribution in [0.15, 0.2) is 24.3 Å². The van der Waals surface area contributed by atoms with Crippen LogP contribution < -0.4 is 9.64 Å². The molecule has 1 fully saturated rings. The third-order valence-corrected chi connectivity index (χ3v) is 4.18. The molecule has 0 spiro atoms. The topological polar surface area (TPSA) is 35.9 Å². The number of piperazine rings is 1. The van der Waals surface area contributed by atoms with E-state index in [0.717, 1.165) is 44.8 Å². The minimum absolute atomic E-state index is 0.331. The summed E-state index contributed by atoms with van der Waals surface area (Å²) >= 11 is 0. The summed E-state index contributed by atoms with van der Waals surface area (Å²) in [5, 5.41) is 8.77. The zero-order chi connectivity index (χ0) is 14.9. The molecule has 2 rings (SSSR count). The molecule has 1 heterocycles. The molecule has 0 bridgehead atoms. The van der Waals surface area contributed by atoms with Gasteiger partial charge in [-0.1, -0.05) is 25.0 Å². The Labute approximate surface area is 128 Å². The van der Waals surface area contributed by atoms with Gasteiger partial charge in [0, 0.05) is 32.8 Å². The number of hydrogen-bond donors (Lipinski definition) is 1. The van der Waals surface area contributed by atoms with Crippen molar-refractivity contribution in [3.05, 3.63) is 24.3 Å². The molecular weight excluding hydrogens is 264 g/mol. The summed E-state index contributed by atoms with van der Waals surface area (Å²) in [4.78, 5) is 4.96. The fourth-order valence-corrected chi connectivity index (χ4v) is 2.90. The highest BCUT2D eigenvalue weighted by Crippen LogP contribution is 2.28. The van der Waals surface area contributed by atoms with Gasteiger partial charge in [0.2, 0.25) is 0 Å². The van der Waals surface area contributed by atoms with E-state index in [0.29, 0.717) is 6.61 Å². The van der Waals surface area contributed by atoms with Crippen molar-refractivity contribution in [1.82, 2.24) is 4.90 Å². The Morgan fingerprint density at radius 1 is 1.00 bits per heavy atom. The zero-order valence-electron chi connectivity index (χ0n) is 13.1. The summed E-state index contributed by atoms with van der Waals surface area (Å²) in [7, 11) is 1.74. The number of methoxy groups -OCH3 is 1. The third kappa shape index (κ3) is 4.90. The van der Waals surface area contributed by atoms with E-state index in [1.807, 2.05) is 12.1 Å². The van der Waals surface area contributed by atoms with E-state index in [1.165, 1.54) is 25.1 Å². The zero-order valence-corrected chi connectivity index (χ0v) is 13.1. The van der Waals surface area contributed by atoms with E-state index in [1.54, 1.807) is 7.11 Å². The van der Waals surface area contributed by atoms with Crippen molar-refractivity contribution in [2.45, 2.75) is 25.7 Å². The molecule has 4 heteroatoms. The molecule has 21 heavy (non-hydrogen) atoms. The lowest BCUT2D eigenvalue weighted by Crippen LogP contribution is -2.46. The molecule has 0 radical (unpaired) electrons. The number of hydrogen-bond acceptors (Lipinski definition) is 4. The maximum absolute atomic E-state index is 8.77. The SMILES string of the molecule is COc1ccccc1N1CCN(CCCCCCO)CC1. The fourth-order valence-electron chi connectivity index (χ4n) is 2.90. The summed E-state index contributed by atoms with van der Waals surface area (Å²) in [6.45, 7) is 5.90. The standard InChI is InChI=1S/C17H28N2O2/c1-21-17-9-5-4-8-16(17)19-13-11-18(12-14-19)10-6-2-3-7-15-20/h4-5,8-9,20H,2-3,6-7,10-15H2,1H3. The molecule has 1 aliphatic heterocycles. The van der Waals surface area contributed by atoms with Crippen molar-refractivity contribution in [1.29, 1.82) is 0 Å². The predicted octanol–water partition coefficient (Wildman–Crippen LogP) is 2.37. The van der Waals surface area contributed by atoms with Gasteiger partial charge in [-0.05, 0) is 31.5 Å². The van der Waals surface area contributed by atoms with E-state index >= 15 is 0 Å². The summed E-state index contributed by atoms with van der Waals surface area (Å²) in [6.07, 6.45) is 4.57. The molecule has 1 N–H and O–H groups in total. The highest BCUT2D eigenvalue weighted by Gasteiger charge is 2.18. The fraction of sp³-hybridized carbons (Fsp3) is 0.647. The van der Waals surface area contributed by atoms with Gasteiger partial charge in [-0.15, -0.1) is 0 Å². The molecule has 1 aliphatic rings. The summed E-state index contributed by atoms with van der Waals surface area (Å²) in [6, 6.07) is 8.27. The molecule has 118 valence electrons. The van der Waals surface area contributed by atoms with Gasteiger partial charge in [-0.2, -0.15) is 0 Å². The Morgan fingerprint density at radius 3 is 2.43 bits per heavy atom. The predicted molar refractivity (Wildman–Crippen MR) is 87.2 cm³/mol. The van der Waals surface area contributed by atoms with Crippen LogP contribution in [0.1, 0.15) is 25.7 Å². The quantitative estimate of drug-likeness (QED) is 0.746. The van der Waals surface area contributed by atoms with Crippen LogP contribution in [0, 0.1) is 0 Å². The van der Waals surface area contributed by atoms with E-state index < -0.39 is 0 Å². The van der Waals surface area contributed by atoms with Gasteiger partial charge in [0.05, 0.1) is 12.8 Å². The van der Waals surface area contributed by atoms with Crippen molar-refractivity contribution in [2.75, 3.05) is 51.3 Å². The molecule has 4 nitrogen and oxygen atoms in total. The van der Waals surface area contributed by atoms with Gasteiger partial charge < -0.3 is 14.7 Å². The van der Waals surface area contributed by atoms with Crippen LogP contribution in [-0.2, 0) is 0 Å². The average Bonchev–Trinajstić information content (AvgIpc) is 2.55. The van der Waals surface area contributed by atoms with E-state index in [-0.39, 0.29) is 0 Å². The van der Waals surface area contributed by atoms with E-state index in [9.17, 15) is 0 Å². The molecule has 0 amide bonds. The van der Waals surface area contributed by atoms with Gasteiger partial charge in [-0.25, -0.2) is 0 Å². The number of rotatable bonds is 8. The van der Waals surface area contributed by atoms with Crippen LogP contribution in [0.4, 0.5) is 5.69 Å². The molecule has 1 aromatic carbocycles. The van der Waals surface area contributed by atoms with Crippen LogP contribution in [0.5, 0.6) is 5.75 Å². The lowest BCUT2D eigenvalue weighted by Gasteiger charge is -2.36. The van der Waals surface area contributed by atoms with Gasteiger partial charge in [0.25, 0.3) is 0 Å². The number of aliphatic hydroxyl groups is 1. The number of aliphatic hydroxyl groups excluding tert-OH is 1. The number of nitrogens with zero attached hydrogens (tertiary/aromatic N) is 2. The van der Waals surface area contributed by atoms with Crippen LogP contribution in [0.2, 0.25) is 0 Å². The largest absolute Gasteiger partial charge is 0.495 e. The van der Waals surface area contributed by atoms with Gasteiger partial charge >= 0.3 is 0 Å². The minimum atomic E-state index is 0.331. The van der Waals surface area contributed by atoms with E-state index in [2.05, 4.69) is 21.9 Å². The molecule has 0 saturated carbocycles. The second kappa shape index (κ2) is 8.90. The first-order valence-electron chi connectivity index (χ1n) is 8.06. The highest BCUT2D eigenvalue weighted by atomic mass is 16.5. The average molecular weight is 292 g/mol. The lowest BCUT2D eigenvalue weighted by atomic mass is 10.1. The third-order valence-electron chi connectivity index (χ3n) is 4.18. The van der Waals surface area contributed by atoms with Gasteiger partial charge in [0.1, 0.15) is 5.75 Å². The Hall–Kier alpha value is -1.26. The normalized spacial score (nSPS) is 16.2. The monoisotopic (exact) mass is 292 g/mol. The minimum Gasteiger partial charge on any atom is -0.495 e. The van der Waals surface area contributed by atoms with Crippen molar-refractivity contribution < 1.29 is 9.84 Å². The van der Waals surface area contributed by atoms with Crippen molar-refractivity contribution >= 4 is 5.69 Å². The van der Waals surface area contributed by atoms with Crippen molar-refractivity contribution in [3.63, 3.8) is 0 Å². The second-order valence-electron chi connectivity index (χ2n) is 5.64. The number of benzene rings is 1. The Bertz CT molecular complexity index is 404. The molecule has 1 saturated heterocycles. The number of ether oxygens (including phenoxy) is 1.